The predicted octanol–water partition coefficient (Wildman–Crippen LogP) is 2.79. The van der Waals surface area contributed by atoms with E-state index in [-0.39, 0.29) is 6.61 Å². The molecule has 0 spiro atoms. The van der Waals surface area contributed by atoms with Crippen LogP contribution in [0, 0.1) is 13.8 Å². The molecule has 0 aliphatic heterocycles. The van der Waals surface area contributed by atoms with E-state index in [1.54, 1.807) is 0 Å². The van der Waals surface area contributed by atoms with Gasteiger partial charge in [-0.1, -0.05) is 29.8 Å². The van der Waals surface area contributed by atoms with E-state index < -0.39 is 0 Å². The molecule has 0 saturated carbocycles. The lowest BCUT2D eigenvalue weighted by Crippen LogP contribution is -1.81. The standard InChI is InChI=1S/C13H15NO/c1-9-3-5-11(6-4-9)13-7-12(8-15)10(2)14-13/h3-7,14-15H,8H2,1-2H3. The Bertz CT molecular complexity index is 454. The van der Waals surface area contributed by atoms with Crippen molar-refractivity contribution in [2.45, 2.75) is 20.5 Å². The van der Waals surface area contributed by atoms with Crippen molar-refractivity contribution in [3.63, 3.8) is 0 Å². The van der Waals surface area contributed by atoms with Crippen LogP contribution in [-0.2, 0) is 6.61 Å². The molecule has 2 aromatic rings. The molecule has 0 atom stereocenters. The zero-order valence-electron chi connectivity index (χ0n) is 9.04. The van der Waals surface area contributed by atoms with Gasteiger partial charge in [-0.15, -0.1) is 0 Å². The Labute approximate surface area is 89.6 Å². The summed E-state index contributed by atoms with van der Waals surface area (Å²) < 4.78 is 0. The molecule has 0 saturated heterocycles. The zero-order chi connectivity index (χ0) is 10.8. The van der Waals surface area contributed by atoms with Gasteiger partial charge in [-0.2, -0.15) is 0 Å². The largest absolute Gasteiger partial charge is 0.392 e. The highest BCUT2D eigenvalue weighted by molar-refractivity contribution is 5.61. The summed E-state index contributed by atoms with van der Waals surface area (Å²) in [5, 5.41) is 9.10. The van der Waals surface area contributed by atoms with Gasteiger partial charge in [-0.25, -0.2) is 0 Å². The quantitative estimate of drug-likeness (QED) is 0.770. The third kappa shape index (κ3) is 1.95. The highest BCUT2D eigenvalue weighted by Crippen LogP contribution is 2.21. The first-order valence-electron chi connectivity index (χ1n) is 5.07. The maximum absolute atomic E-state index is 9.10. The Kier molecular flexibility index (Phi) is 2.60. The molecule has 1 aromatic carbocycles. The summed E-state index contributed by atoms with van der Waals surface area (Å²) in [6, 6.07) is 10.3. The monoisotopic (exact) mass is 201 g/mol. The molecule has 0 amide bonds. The Hall–Kier alpha value is -1.54. The minimum absolute atomic E-state index is 0.0915. The van der Waals surface area contributed by atoms with Crippen LogP contribution >= 0.6 is 0 Å². The first kappa shape index (κ1) is 9.99. The summed E-state index contributed by atoms with van der Waals surface area (Å²) in [5.41, 5.74) is 5.48. The Morgan fingerprint density at radius 1 is 1.13 bits per heavy atom. The third-order valence-corrected chi connectivity index (χ3v) is 2.66. The van der Waals surface area contributed by atoms with Gasteiger partial charge in [0.15, 0.2) is 0 Å². The van der Waals surface area contributed by atoms with E-state index in [4.69, 9.17) is 5.11 Å². The van der Waals surface area contributed by atoms with Crippen LogP contribution in [0.3, 0.4) is 0 Å². The van der Waals surface area contributed by atoms with Crippen molar-refractivity contribution in [1.82, 2.24) is 4.98 Å². The number of hydrogen-bond donors (Lipinski definition) is 2. The molecule has 0 unspecified atom stereocenters. The fraction of sp³-hybridized carbons (Fsp3) is 0.231. The minimum Gasteiger partial charge on any atom is -0.392 e. The number of rotatable bonds is 2. The molecule has 2 rings (SSSR count). The summed E-state index contributed by atoms with van der Waals surface area (Å²) in [5.74, 6) is 0. The lowest BCUT2D eigenvalue weighted by molar-refractivity contribution is 0.281. The van der Waals surface area contributed by atoms with E-state index in [9.17, 15) is 0 Å². The van der Waals surface area contributed by atoms with Gasteiger partial charge >= 0.3 is 0 Å². The van der Waals surface area contributed by atoms with E-state index in [1.807, 2.05) is 13.0 Å². The van der Waals surface area contributed by atoms with Gasteiger partial charge in [0.2, 0.25) is 0 Å². The maximum Gasteiger partial charge on any atom is 0.0699 e. The second-order valence-electron chi connectivity index (χ2n) is 3.86. The molecular formula is C13H15NO. The minimum atomic E-state index is 0.0915. The van der Waals surface area contributed by atoms with E-state index in [2.05, 4.69) is 36.2 Å². The molecule has 0 aliphatic rings. The average Bonchev–Trinajstić information content (AvgIpc) is 2.61. The lowest BCUT2D eigenvalue weighted by atomic mass is 10.1. The fourth-order valence-electron chi connectivity index (χ4n) is 1.65. The molecular weight excluding hydrogens is 186 g/mol. The Morgan fingerprint density at radius 2 is 1.80 bits per heavy atom. The Morgan fingerprint density at radius 3 is 2.33 bits per heavy atom. The van der Waals surface area contributed by atoms with Crippen molar-refractivity contribution in [1.29, 1.82) is 0 Å². The van der Waals surface area contributed by atoms with E-state index in [0.717, 1.165) is 22.5 Å². The number of aliphatic hydroxyl groups is 1. The molecule has 2 heteroatoms. The molecule has 0 bridgehead atoms. The van der Waals surface area contributed by atoms with Crippen molar-refractivity contribution in [2.24, 2.45) is 0 Å². The van der Waals surface area contributed by atoms with Crippen molar-refractivity contribution in [3.8, 4) is 11.3 Å². The van der Waals surface area contributed by atoms with Crippen molar-refractivity contribution in [2.75, 3.05) is 0 Å². The second-order valence-corrected chi connectivity index (χ2v) is 3.86. The molecule has 78 valence electrons. The SMILES string of the molecule is Cc1ccc(-c2cc(CO)c(C)[nH]2)cc1. The van der Waals surface area contributed by atoms with E-state index in [1.165, 1.54) is 5.56 Å². The molecule has 15 heavy (non-hydrogen) atoms. The smallest absolute Gasteiger partial charge is 0.0699 e. The molecule has 2 nitrogen and oxygen atoms in total. The lowest BCUT2D eigenvalue weighted by Gasteiger charge is -1.98. The first-order valence-corrected chi connectivity index (χ1v) is 5.07. The fourth-order valence-corrected chi connectivity index (χ4v) is 1.65. The first-order chi connectivity index (χ1) is 7.20. The predicted molar refractivity (Wildman–Crippen MR) is 61.6 cm³/mol. The van der Waals surface area contributed by atoms with Gasteiger partial charge < -0.3 is 10.1 Å². The number of nitrogens with one attached hydrogen (secondary N) is 1. The van der Waals surface area contributed by atoms with Gasteiger partial charge in [-0.3, -0.25) is 0 Å². The molecule has 1 heterocycles. The topological polar surface area (TPSA) is 36.0 Å². The molecule has 0 radical (unpaired) electrons. The third-order valence-electron chi connectivity index (χ3n) is 2.66. The van der Waals surface area contributed by atoms with Crippen LogP contribution in [0.1, 0.15) is 16.8 Å². The van der Waals surface area contributed by atoms with Crippen LogP contribution < -0.4 is 0 Å². The second kappa shape index (κ2) is 3.91. The number of aromatic nitrogens is 1. The molecule has 0 fully saturated rings. The highest BCUT2D eigenvalue weighted by Gasteiger charge is 2.04. The Balaban J connectivity index is 2.41. The summed E-state index contributed by atoms with van der Waals surface area (Å²) >= 11 is 0. The summed E-state index contributed by atoms with van der Waals surface area (Å²) in [6.07, 6.45) is 0. The maximum atomic E-state index is 9.10. The van der Waals surface area contributed by atoms with Crippen LogP contribution in [0.2, 0.25) is 0 Å². The molecule has 2 N–H and O–H groups in total. The van der Waals surface area contributed by atoms with Gasteiger partial charge in [0.1, 0.15) is 0 Å². The van der Waals surface area contributed by atoms with Crippen LogP contribution in [0.5, 0.6) is 0 Å². The molecule has 0 aliphatic carbocycles. The van der Waals surface area contributed by atoms with Crippen molar-refractivity contribution in [3.05, 3.63) is 47.2 Å². The number of H-pyrrole nitrogens is 1. The average molecular weight is 201 g/mol. The number of aryl methyl sites for hydroxylation is 2. The number of aliphatic hydroxyl groups excluding tert-OH is 1. The summed E-state index contributed by atoms with van der Waals surface area (Å²) in [7, 11) is 0. The number of benzene rings is 1. The van der Waals surface area contributed by atoms with Crippen LogP contribution in [0.4, 0.5) is 0 Å². The van der Waals surface area contributed by atoms with Crippen molar-refractivity contribution < 1.29 is 5.11 Å². The normalized spacial score (nSPS) is 10.6. The van der Waals surface area contributed by atoms with Crippen LogP contribution in [-0.4, -0.2) is 10.1 Å². The summed E-state index contributed by atoms with van der Waals surface area (Å²) in [4.78, 5) is 3.27. The van der Waals surface area contributed by atoms with Crippen LogP contribution in [0.15, 0.2) is 30.3 Å². The van der Waals surface area contributed by atoms with Gasteiger partial charge in [0.25, 0.3) is 0 Å². The number of aromatic amines is 1. The van der Waals surface area contributed by atoms with Crippen molar-refractivity contribution >= 4 is 0 Å². The van der Waals surface area contributed by atoms with Crippen LogP contribution in [0.25, 0.3) is 11.3 Å². The van der Waals surface area contributed by atoms with E-state index >= 15 is 0 Å². The zero-order valence-corrected chi connectivity index (χ0v) is 9.04. The van der Waals surface area contributed by atoms with Gasteiger partial charge in [-0.05, 0) is 31.0 Å². The van der Waals surface area contributed by atoms with Gasteiger partial charge in [0, 0.05) is 11.4 Å². The number of hydrogen-bond acceptors (Lipinski definition) is 1. The van der Waals surface area contributed by atoms with E-state index in [0.29, 0.717) is 0 Å². The molecule has 1 aromatic heterocycles. The summed E-state index contributed by atoms with van der Waals surface area (Å²) in [6.45, 7) is 4.14. The highest BCUT2D eigenvalue weighted by atomic mass is 16.3. The van der Waals surface area contributed by atoms with Gasteiger partial charge in [0.05, 0.1) is 6.61 Å².